The summed E-state index contributed by atoms with van der Waals surface area (Å²) < 4.78 is 46.8. The van der Waals surface area contributed by atoms with Gasteiger partial charge in [-0.05, 0) is 48.5 Å². The van der Waals surface area contributed by atoms with Gasteiger partial charge in [0.2, 0.25) is 0 Å². The lowest BCUT2D eigenvalue weighted by atomic mass is 10.1. The fourth-order valence-corrected chi connectivity index (χ4v) is 2.95. The second-order valence-corrected chi connectivity index (χ2v) is 7.57. The van der Waals surface area contributed by atoms with Crippen LogP contribution >= 0.6 is 0 Å². The number of hydrogen-bond donors (Lipinski definition) is 0. The molecule has 2 aromatic carbocycles. The van der Waals surface area contributed by atoms with Gasteiger partial charge in [0.05, 0.1) is 4.90 Å². The van der Waals surface area contributed by atoms with Crippen molar-refractivity contribution in [3.05, 3.63) is 54.3 Å². The first kappa shape index (κ1) is 17.8. The fraction of sp³-hybridized carbons (Fsp3) is 0.111. The third kappa shape index (κ3) is 3.80. The molecule has 3 rings (SSSR count). The maximum Gasteiger partial charge on any atom is 0.402 e. The molecular weight excluding hydrogens is 361 g/mol. The van der Waals surface area contributed by atoms with Crippen LogP contribution in [0.3, 0.4) is 0 Å². The molecule has 6 nitrogen and oxygen atoms in total. The van der Waals surface area contributed by atoms with Crippen LogP contribution in [0.1, 0.15) is 6.92 Å². The lowest BCUT2D eigenvalue weighted by molar-refractivity contribution is -0.133. The van der Waals surface area contributed by atoms with Crippen molar-refractivity contribution in [2.75, 3.05) is 6.26 Å². The quantitative estimate of drug-likeness (QED) is 0.649. The Morgan fingerprint density at radius 1 is 1.04 bits per heavy atom. The molecule has 0 saturated carbocycles. The van der Waals surface area contributed by atoms with Gasteiger partial charge in [-0.15, -0.1) is 0 Å². The molecule has 0 radical (unpaired) electrons. The molecule has 0 saturated heterocycles. The molecule has 0 spiro atoms. The maximum absolute atomic E-state index is 13.2. The van der Waals surface area contributed by atoms with Gasteiger partial charge >= 0.3 is 12.0 Å². The van der Waals surface area contributed by atoms with Gasteiger partial charge in [-0.1, -0.05) is 0 Å². The molecule has 0 aliphatic carbocycles. The van der Waals surface area contributed by atoms with Gasteiger partial charge in [0.25, 0.3) is 0 Å². The molecule has 0 unspecified atom stereocenters. The van der Waals surface area contributed by atoms with Crippen LogP contribution in [0.4, 0.5) is 4.39 Å². The number of oxazole rings is 1. The normalized spacial score (nSPS) is 11.3. The second kappa shape index (κ2) is 6.72. The molecule has 1 aromatic heterocycles. The largest absolute Gasteiger partial charge is 0.408 e. The predicted octanol–water partition coefficient (Wildman–Crippen LogP) is 3.48. The van der Waals surface area contributed by atoms with Crippen molar-refractivity contribution in [3.63, 3.8) is 0 Å². The van der Waals surface area contributed by atoms with Crippen molar-refractivity contribution in [1.82, 2.24) is 4.98 Å². The monoisotopic (exact) mass is 375 g/mol. The molecule has 0 bridgehead atoms. The Morgan fingerprint density at radius 3 is 2.15 bits per heavy atom. The van der Waals surface area contributed by atoms with E-state index >= 15 is 0 Å². The van der Waals surface area contributed by atoms with Gasteiger partial charge in [0.1, 0.15) is 11.5 Å². The van der Waals surface area contributed by atoms with E-state index in [2.05, 4.69) is 4.98 Å². The van der Waals surface area contributed by atoms with E-state index in [1.165, 1.54) is 43.3 Å². The third-order valence-corrected chi connectivity index (χ3v) is 4.63. The van der Waals surface area contributed by atoms with Gasteiger partial charge in [0, 0.05) is 24.3 Å². The van der Waals surface area contributed by atoms with Crippen molar-refractivity contribution in [2.24, 2.45) is 0 Å². The number of ether oxygens (including phenoxy) is 1. The first-order valence-corrected chi connectivity index (χ1v) is 9.39. The minimum Gasteiger partial charge on any atom is -0.408 e. The number of rotatable bonds is 4. The first-order chi connectivity index (χ1) is 12.2. The smallest absolute Gasteiger partial charge is 0.402 e. The van der Waals surface area contributed by atoms with Crippen LogP contribution in [0.25, 0.3) is 22.6 Å². The van der Waals surface area contributed by atoms with E-state index in [1.54, 1.807) is 12.1 Å². The highest BCUT2D eigenvalue weighted by molar-refractivity contribution is 7.90. The van der Waals surface area contributed by atoms with Crippen LogP contribution in [0.5, 0.6) is 6.08 Å². The number of carbonyl (C=O) groups excluding carboxylic acids is 1. The summed E-state index contributed by atoms with van der Waals surface area (Å²) >= 11 is 0. The molecule has 0 N–H and O–H groups in total. The Labute approximate surface area is 149 Å². The van der Waals surface area contributed by atoms with Crippen molar-refractivity contribution in [1.29, 1.82) is 0 Å². The SMILES string of the molecule is CC(=O)Oc1nc(-c2ccc(F)cc2)c(-c2ccc(S(C)(=O)=O)cc2)o1. The third-order valence-electron chi connectivity index (χ3n) is 3.50. The Balaban J connectivity index is 2.11. The molecule has 26 heavy (non-hydrogen) atoms. The minimum atomic E-state index is -3.34. The highest BCUT2D eigenvalue weighted by Crippen LogP contribution is 2.35. The molecule has 8 heteroatoms. The summed E-state index contributed by atoms with van der Waals surface area (Å²) in [5.41, 5.74) is 1.42. The number of aromatic nitrogens is 1. The molecule has 0 amide bonds. The lowest BCUT2D eigenvalue weighted by Gasteiger charge is -2.03. The molecule has 0 aliphatic heterocycles. The van der Waals surface area contributed by atoms with E-state index in [-0.39, 0.29) is 16.7 Å². The van der Waals surface area contributed by atoms with Gasteiger partial charge in [-0.25, -0.2) is 12.8 Å². The summed E-state index contributed by atoms with van der Waals surface area (Å²) in [6.07, 6.45) is 0.859. The van der Waals surface area contributed by atoms with Crippen molar-refractivity contribution in [2.45, 2.75) is 11.8 Å². The zero-order valence-corrected chi connectivity index (χ0v) is 14.7. The van der Waals surface area contributed by atoms with E-state index in [0.717, 1.165) is 6.26 Å². The van der Waals surface area contributed by atoms with Gasteiger partial charge in [0.15, 0.2) is 15.6 Å². The molecule has 0 aliphatic rings. The van der Waals surface area contributed by atoms with Crippen LogP contribution in [0, 0.1) is 5.82 Å². The van der Waals surface area contributed by atoms with Gasteiger partial charge in [-0.2, -0.15) is 4.98 Å². The van der Waals surface area contributed by atoms with Crippen LogP contribution in [0.2, 0.25) is 0 Å². The number of esters is 1. The number of benzene rings is 2. The van der Waals surface area contributed by atoms with Crippen LogP contribution in [-0.4, -0.2) is 25.6 Å². The topological polar surface area (TPSA) is 86.5 Å². The van der Waals surface area contributed by atoms with Crippen molar-refractivity contribution < 1.29 is 26.8 Å². The number of sulfone groups is 1. The summed E-state index contributed by atoms with van der Waals surface area (Å²) in [6, 6.07) is 11.6. The zero-order chi connectivity index (χ0) is 18.9. The average molecular weight is 375 g/mol. The van der Waals surface area contributed by atoms with Crippen LogP contribution in [-0.2, 0) is 14.6 Å². The summed E-state index contributed by atoms with van der Waals surface area (Å²) in [5.74, 6) is -0.736. The van der Waals surface area contributed by atoms with E-state index < -0.39 is 21.6 Å². The number of carbonyl (C=O) groups is 1. The lowest BCUT2D eigenvalue weighted by Crippen LogP contribution is -2.01. The summed E-state index contributed by atoms with van der Waals surface area (Å²) in [5, 5.41) is 0. The molecule has 0 fully saturated rings. The Morgan fingerprint density at radius 2 is 1.62 bits per heavy atom. The molecule has 0 atom stereocenters. The molecular formula is C18H14FNO5S. The first-order valence-electron chi connectivity index (χ1n) is 7.50. The number of nitrogens with zero attached hydrogens (tertiary/aromatic N) is 1. The molecule has 3 aromatic rings. The number of hydrogen-bond acceptors (Lipinski definition) is 6. The van der Waals surface area contributed by atoms with E-state index in [9.17, 15) is 17.6 Å². The van der Waals surface area contributed by atoms with Crippen molar-refractivity contribution in [3.8, 4) is 28.7 Å². The predicted molar refractivity (Wildman–Crippen MR) is 91.8 cm³/mol. The summed E-state index contributed by atoms with van der Waals surface area (Å²) in [7, 11) is -3.34. The van der Waals surface area contributed by atoms with Gasteiger partial charge in [-0.3, -0.25) is 4.79 Å². The fourth-order valence-electron chi connectivity index (χ4n) is 2.32. The summed E-state index contributed by atoms with van der Waals surface area (Å²) in [4.78, 5) is 15.5. The Hall–Kier alpha value is -3.00. The minimum absolute atomic E-state index is 0.157. The standard InChI is InChI=1S/C18H14FNO5S/c1-11(21)24-18-20-16(12-3-7-14(19)8-4-12)17(25-18)13-5-9-15(10-6-13)26(2,22)23/h3-10H,1-2H3. The van der Waals surface area contributed by atoms with E-state index in [0.29, 0.717) is 16.8 Å². The maximum atomic E-state index is 13.2. The second-order valence-electron chi connectivity index (χ2n) is 5.55. The summed E-state index contributed by atoms with van der Waals surface area (Å²) in [6.45, 7) is 1.21. The van der Waals surface area contributed by atoms with Crippen LogP contribution < -0.4 is 4.74 Å². The average Bonchev–Trinajstić information content (AvgIpc) is 2.98. The van der Waals surface area contributed by atoms with Crippen LogP contribution in [0.15, 0.2) is 57.8 Å². The zero-order valence-electron chi connectivity index (χ0n) is 13.9. The molecule has 134 valence electrons. The highest BCUT2D eigenvalue weighted by Gasteiger charge is 2.19. The highest BCUT2D eigenvalue weighted by atomic mass is 32.2. The van der Waals surface area contributed by atoms with Crippen molar-refractivity contribution >= 4 is 15.8 Å². The van der Waals surface area contributed by atoms with E-state index in [1.807, 2.05) is 0 Å². The Bertz CT molecular complexity index is 1050. The van der Waals surface area contributed by atoms with Gasteiger partial charge < -0.3 is 9.15 Å². The molecule has 1 heterocycles. The van der Waals surface area contributed by atoms with E-state index in [4.69, 9.17) is 9.15 Å². The Kier molecular flexibility index (Phi) is 4.60. The number of halogens is 1.